The Kier molecular flexibility index (Phi) is 7.11. The summed E-state index contributed by atoms with van der Waals surface area (Å²) in [6.07, 6.45) is 6.92. The average molecular weight is 263 g/mol. The van der Waals surface area contributed by atoms with Gasteiger partial charge in [-0.15, -0.1) is 0 Å². The first-order chi connectivity index (χ1) is 9.15. The highest BCUT2D eigenvalue weighted by Crippen LogP contribution is 2.10. The number of carbonyl (C=O) groups is 1. The zero-order chi connectivity index (χ0) is 14.1. The molecular formula is C15H25N3O. The van der Waals surface area contributed by atoms with Crippen molar-refractivity contribution in [3.05, 3.63) is 30.1 Å². The molecule has 0 spiro atoms. The van der Waals surface area contributed by atoms with Crippen LogP contribution in [0.4, 0.5) is 0 Å². The number of hydrogen-bond acceptors (Lipinski definition) is 3. The highest BCUT2D eigenvalue weighted by Gasteiger charge is 2.15. The van der Waals surface area contributed by atoms with Crippen molar-refractivity contribution in [2.24, 2.45) is 0 Å². The third-order valence-electron chi connectivity index (χ3n) is 3.18. The number of amides is 1. The van der Waals surface area contributed by atoms with Crippen molar-refractivity contribution in [3.63, 3.8) is 0 Å². The van der Waals surface area contributed by atoms with Crippen LogP contribution < -0.4 is 10.6 Å². The minimum Gasteiger partial charge on any atom is -0.355 e. The second-order valence-corrected chi connectivity index (χ2v) is 4.89. The first-order valence-corrected chi connectivity index (χ1v) is 7.08. The molecule has 1 aromatic rings. The number of carbonyl (C=O) groups excluding carboxylic acids is 1. The van der Waals surface area contributed by atoms with Crippen LogP contribution in [0.5, 0.6) is 0 Å². The minimum atomic E-state index is -0.190. The van der Waals surface area contributed by atoms with E-state index in [4.69, 9.17) is 0 Å². The van der Waals surface area contributed by atoms with E-state index < -0.39 is 0 Å². The molecule has 1 amide bonds. The van der Waals surface area contributed by atoms with E-state index in [0.717, 1.165) is 24.9 Å². The smallest absolute Gasteiger partial charge is 0.236 e. The summed E-state index contributed by atoms with van der Waals surface area (Å²) in [5.41, 5.74) is 1.14. The Balaban J connectivity index is 2.33. The number of nitrogens with one attached hydrogen (secondary N) is 2. The lowest BCUT2D eigenvalue weighted by atomic mass is 10.1. The Hall–Kier alpha value is -1.42. The normalized spacial score (nSPS) is 13.8. The largest absolute Gasteiger partial charge is 0.355 e. The van der Waals surface area contributed by atoms with Crippen LogP contribution in [0.1, 0.15) is 51.6 Å². The number of nitrogens with zero attached hydrogens (tertiary/aromatic N) is 1. The molecule has 19 heavy (non-hydrogen) atoms. The molecule has 0 aliphatic rings. The van der Waals surface area contributed by atoms with Gasteiger partial charge >= 0.3 is 0 Å². The summed E-state index contributed by atoms with van der Waals surface area (Å²) in [6, 6.07) is 3.87. The monoisotopic (exact) mass is 263 g/mol. The first-order valence-electron chi connectivity index (χ1n) is 7.08. The Labute approximate surface area is 116 Å². The van der Waals surface area contributed by atoms with Crippen molar-refractivity contribution < 1.29 is 4.79 Å². The molecule has 0 aliphatic carbocycles. The van der Waals surface area contributed by atoms with Gasteiger partial charge in [0.25, 0.3) is 0 Å². The molecule has 0 aromatic carbocycles. The number of rotatable bonds is 8. The lowest BCUT2D eigenvalue weighted by molar-refractivity contribution is -0.122. The molecular weight excluding hydrogens is 238 g/mol. The standard InChI is InChI=1S/C15H25N3O/c1-4-5-6-9-17-15(19)13(3)18-12(2)14-7-10-16-11-8-14/h7-8,10-13,18H,4-6,9H2,1-3H3,(H,17,19). The van der Waals surface area contributed by atoms with Crippen LogP contribution in [0.15, 0.2) is 24.5 Å². The van der Waals surface area contributed by atoms with Crippen molar-refractivity contribution in [1.29, 1.82) is 0 Å². The predicted molar refractivity (Wildman–Crippen MR) is 77.8 cm³/mol. The maximum absolute atomic E-state index is 11.9. The van der Waals surface area contributed by atoms with Gasteiger partial charge in [-0.2, -0.15) is 0 Å². The fourth-order valence-corrected chi connectivity index (χ4v) is 1.94. The summed E-state index contributed by atoms with van der Waals surface area (Å²) in [4.78, 5) is 15.9. The van der Waals surface area contributed by atoms with Gasteiger partial charge in [-0.1, -0.05) is 19.8 Å². The van der Waals surface area contributed by atoms with E-state index in [-0.39, 0.29) is 18.0 Å². The maximum atomic E-state index is 11.9. The van der Waals surface area contributed by atoms with E-state index in [1.165, 1.54) is 6.42 Å². The quantitative estimate of drug-likeness (QED) is 0.708. The summed E-state index contributed by atoms with van der Waals surface area (Å²) < 4.78 is 0. The molecule has 1 rings (SSSR count). The molecule has 0 aliphatic heterocycles. The molecule has 106 valence electrons. The SMILES string of the molecule is CCCCCNC(=O)C(C)NC(C)c1ccncc1. The fraction of sp³-hybridized carbons (Fsp3) is 0.600. The molecule has 2 N–H and O–H groups in total. The van der Waals surface area contributed by atoms with Crippen LogP contribution in [0, 0.1) is 0 Å². The lowest BCUT2D eigenvalue weighted by Gasteiger charge is -2.19. The lowest BCUT2D eigenvalue weighted by Crippen LogP contribution is -2.43. The summed E-state index contributed by atoms with van der Waals surface area (Å²) in [7, 11) is 0. The molecule has 0 fully saturated rings. The molecule has 0 bridgehead atoms. The van der Waals surface area contributed by atoms with Gasteiger partial charge in [0.1, 0.15) is 0 Å². The molecule has 0 saturated heterocycles. The van der Waals surface area contributed by atoms with Gasteiger partial charge in [0.05, 0.1) is 6.04 Å². The van der Waals surface area contributed by atoms with E-state index in [1.807, 2.05) is 19.1 Å². The van der Waals surface area contributed by atoms with Crippen molar-refractivity contribution in [3.8, 4) is 0 Å². The average Bonchev–Trinajstić information content (AvgIpc) is 2.44. The van der Waals surface area contributed by atoms with E-state index >= 15 is 0 Å². The van der Waals surface area contributed by atoms with Crippen molar-refractivity contribution in [2.45, 2.75) is 52.1 Å². The van der Waals surface area contributed by atoms with Crippen molar-refractivity contribution in [2.75, 3.05) is 6.54 Å². The third-order valence-corrected chi connectivity index (χ3v) is 3.18. The molecule has 4 heteroatoms. The fourth-order valence-electron chi connectivity index (χ4n) is 1.94. The Morgan fingerprint density at radius 1 is 1.26 bits per heavy atom. The number of unbranched alkanes of at least 4 members (excludes halogenated alkanes) is 2. The second kappa shape index (κ2) is 8.64. The predicted octanol–water partition coefficient (Wildman–Crippen LogP) is 2.43. The molecule has 1 aromatic heterocycles. The Morgan fingerprint density at radius 3 is 2.58 bits per heavy atom. The third kappa shape index (κ3) is 5.83. The molecule has 1 heterocycles. The van der Waals surface area contributed by atoms with Crippen molar-refractivity contribution in [1.82, 2.24) is 15.6 Å². The highest BCUT2D eigenvalue weighted by atomic mass is 16.2. The molecule has 2 atom stereocenters. The first kappa shape index (κ1) is 15.6. The van der Waals surface area contributed by atoms with E-state index in [1.54, 1.807) is 12.4 Å². The highest BCUT2D eigenvalue weighted by molar-refractivity contribution is 5.81. The van der Waals surface area contributed by atoms with Crippen LogP contribution in [0.3, 0.4) is 0 Å². The van der Waals surface area contributed by atoms with Gasteiger partial charge in [0.15, 0.2) is 0 Å². The number of aromatic nitrogens is 1. The van der Waals surface area contributed by atoms with E-state index in [0.29, 0.717) is 0 Å². The zero-order valence-corrected chi connectivity index (χ0v) is 12.1. The minimum absolute atomic E-state index is 0.0667. The van der Waals surface area contributed by atoms with Crippen LogP contribution >= 0.6 is 0 Å². The molecule has 0 saturated carbocycles. The summed E-state index contributed by atoms with van der Waals surface area (Å²) >= 11 is 0. The van der Waals surface area contributed by atoms with Crippen molar-refractivity contribution >= 4 is 5.91 Å². The topological polar surface area (TPSA) is 54.0 Å². The van der Waals surface area contributed by atoms with Gasteiger partial charge < -0.3 is 5.32 Å². The van der Waals surface area contributed by atoms with E-state index in [2.05, 4.69) is 29.5 Å². The van der Waals surface area contributed by atoms with Gasteiger partial charge in [-0.25, -0.2) is 0 Å². The number of hydrogen-bond donors (Lipinski definition) is 2. The summed E-state index contributed by atoms with van der Waals surface area (Å²) in [6.45, 7) is 6.87. The van der Waals surface area contributed by atoms with Gasteiger partial charge in [0, 0.05) is 25.0 Å². The molecule has 4 nitrogen and oxygen atoms in total. The van der Waals surface area contributed by atoms with Crippen LogP contribution in [-0.4, -0.2) is 23.5 Å². The summed E-state index contributed by atoms with van der Waals surface area (Å²) in [5, 5.41) is 6.26. The Bertz CT molecular complexity index is 367. The van der Waals surface area contributed by atoms with Gasteiger partial charge in [0.2, 0.25) is 5.91 Å². The van der Waals surface area contributed by atoms with E-state index in [9.17, 15) is 4.79 Å². The zero-order valence-electron chi connectivity index (χ0n) is 12.1. The maximum Gasteiger partial charge on any atom is 0.236 e. The Morgan fingerprint density at radius 2 is 1.95 bits per heavy atom. The number of pyridine rings is 1. The second-order valence-electron chi connectivity index (χ2n) is 4.89. The van der Waals surface area contributed by atoms with Crippen LogP contribution in [0.25, 0.3) is 0 Å². The van der Waals surface area contributed by atoms with Crippen LogP contribution in [0.2, 0.25) is 0 Å². The van der Waals surface area contributed by atoms with Gasteiger partial charge in [-0.3, -0.25) is 15.1 Å². The molecule has 0 radical (unpaired) electrons. The summed E-state index contributed by atoms with van der Waals surface area (Å²) in [5.74, 6) is 0.0667. The molecule has 2 unspecified atom stereocenters. The van der Waals surface area contributed by atoms with Crippen LogP contribution in [-0.2, 0) is 4.79 Å². The van der Waals surface area contributed by atoms with Gasteiger partial charge in [-0.05, 0) is 38.0 Å².